The Morgan fingerprint density at radius 2 is 2.00 bits per heavy atom. The molecule has 0 radical (unpaired) electrons. The number of benzene rings is 1. The van der Waals surface area contributed by atoms with Crippen LogP contribution in [-0.2, 0) is 5.54 Å². The zero-order valence-corrected chi connectivity index (χ0v) is 18.2. The third-order valence-corrected chi connectivity index (χ3v) is 5.34. The normalized spacial score (nSPS) is 17.5. The van der Waals surface area contributed by atoms with Crippen LogP contribution in [0.1, 0.15) is 17.7 Å². The topological polar surface area (TPSA) is 85.4 Å². The quantitative estimate of drug-likeness (QED) is 0.364. The highest BCUT2D eigenvalue weighted by Crippen LogP contribution is 2.41. The number of pyridine rings is 2. The highest BCUT2D eigenvalue weighted by atomic mass is 79.9. The van der Waals surface area contributed by atoms with Crippen LogP contribution in [0.4, 0.5) is 28.0 Å². The lowest BCUT2D eigenvalue weighted by molar-refractivity contribution is -0.275. The lowest BCUT2D eigenvalue weighted by Gasteiger charge is -2.39. The SMILES string of the molecule is O=C(Nc1ccc(Br)nc1)N[C@]1(c2ccc(OC(F)(F)F)c(F)c2)CCOc2cccnc21. The van der Waals surface area contributed by atoms with E-state index in [9.17, 15) is 22.4 Å². The van der Waals surface area contributed by atoms with Gasteiger partial charge in [-0.2, -0.15) is 0 Å². The first-order chi connectivity index (χ1) is 15.7. The van der Waals surface area contributed by atoms with Gasteiger partial charge >= 0.3 is 12.4 Å². The van der Waals surface area contributed by atoms with Crippen molar-refractivity contribution < 1.29 is 31.8 Å². The molecule has 0 bridgehead atoms. The van der Waals surface area contributed by atoms with Crippen molar-refractivity contribution in [3.8, 4) is 11.5 Å². The van der Waals surface area contributed by atoms with E-state index in [4.69, 9.17) is 4.74 Å². The molecule has 2 N–H and O–H groups in total. The van der Waals surface area contributed by atoms with E-state index >= 15 is 0 Å². The number of nitrogens with zero attached hydrogens (tertiary/aromatic N) is 2. The number of carbonyl (C=O) groups is 1. The van der Waals surface area contributed by atoms with Gasteiger partial charge in [0.2, 0.25) is 0 Å². The van der Waals surface area contributed by atoms with E-state index in [2.05, 4.69) is 41.3 Å². The predicted molar refractivity (Wildman–Crippen MR) is 112 cm³/mol. The summed E-state index contributed by atoms with van der Waals surface area (Å²) in [4.78, 5) is 21.2. The third kappa shape index (κ3) is 5.00. The highest BCUT2D eigenvalue weighted by Gasteiger charge is 2.43. The van der Waals surface area contributed by atoms with Crippen LogP contribution in [0, 0.1) is 5.82 Å². The summed E-state index contributed by atoms with van der Waals surface area (Å²) in [6.07, 6.45) is -2.01. The van der Waals surface area contributed by atoms with Crippen LogP contribution in [0.3, 0.4) is 0 Å². The predicted octanol–water partition coefficient (Wildman–Crippen LogP) is 5.12. The number of anilines is 1. The Hall–Kier alpha value is -3.41. The van der Waals surface area contributed by atoms with Crippen LogP contribution in [0.5, 0.6) is 11.5 Å². The van der Waals surface area contributed by atoms with Crippen LogP contribution in [0.15, 0.2) is 59.5 Å². The number of alkyl halides is 3. The number of amides is 2. The molecule has 1 aliphatic heterocycles. The van der Waals surface area contributed by atoms with Crippen LogP contribution >= 0.6 is 15.9 Å². The second-order valence-electron chi connectivity index (χ2n) is 7.00. The Balaban J connectivity index is 1.73. The van der Waals surface area contributed by atoms with Crippen LogP contribution in [-0.4, -0.2) is 29.0 Å². The Labute approximate surface area is 193 Å². The molecule has 1 atom stereocenters. The first-order valence-corrected chi connectivity index (χ1v) is 10.3. The maximum absolute atomic E-state index is 14.6. The van der Waals surface area contributed by atoms with Crippen molar-refractivity contribution in [3.05, 3.63) is 76.5 Å². The number of aromatic nitrogens is 2. The first kappa shape index (κ1) is 22.8. The molecule has 2 aromatic heterocycles. The summed E-state index contributed by atoms with van der Waals surface area (Å²) in [6.45, 7) is 0.140. The molecule has 12 heteroatoms. The molecule has 1 aromatic carbocycles. The van der Waals surface area contributed by atoms with Crippen molar-refractivity contribution in [2.45, 2.75) is 18.3 Å². The van der Waals surface area contributed by atoms with Crippen molar-refractivity contribution in [1.29, 1.82) is 0 Å². The Kier molecular flexibility index (Phi) is 6.11. The average molecular weight is 527 g/mol. The summed E-state index contributed by atoms with van der Waals surface area (Å²) >= 11 is 3.20. The summed E-state index contributed by atoms with van der Waals surface area (Å²) in [7, 11) is 0. The monoisotopic (exact) mass is 526 g/mol. The van der Waals surface area contributed by atoms with Gasteiger partial charge in [-0.25, -0.2) is 14.2 Å². The summed E-state index contributed by atoms with van der Waals surface area (Å²) in [5.41, 5.74) is -0.551. The number of hydrogen-bond acceptors (Lipinski definition) is 5. The maximum Gasteiger partial charge on any atom is 0.573 e. The number of ether oxygens (including phenoxy) is 2. The Morgan fingerprint density at radius 1 is 1.18 bits per heavy atom. The summed E-state index contributed by atoms with van der Waals surface area (Å²) < 4.78 is 62.2. The second-order valence-corrected chi connectivity index (χ2v) is 7.81. The summed E-state index contributed by atoms with van der Waals surface area (Å²) in [6, 6.07) is 8.83. The van der Waals surface area contributed by atoms with Crippen molar-refractivity contribution in [2.24, 2.45) is 0 Å². The molecule has 0 spiro atoms. The van der Waals surface area contributed by atoms with Crippen LogP contribution < -0.4 is 20.1 Å². The van der Waals surface area contributed by atoms with Crippen LogP contribution in [0.25, 0.3) is 0 Å². The van der Waals surface area contributed by atoms with Gasteiger partial charge in [0.1, 0.15) is 21.6 Å². The molecule has 0 saturated heterocycles. The molecule has 0 fully saturated rings. The summed E-state index contributed by atoms with van der Waals surface area (Å²) in [5.74, 6) is -1.88. The number of rotatable bonds is 4. The molecule has 7 nitrogen and oxygen atoms in total. The molecule has 1 aliphatic rings. The van der Waals surface area contributed by atoms with Gasteiger partial charge in [-0.05, 0) is 57.9 Å². The zero-order chi connectivity index (χ0) is 23.6. The van der Waals surface area contributed by atoms with Gasteiger partial charge in [-0.15, -0.1) is 13.2 Å². The number of nitrogens with one attached hydrogen (secondary N) is 2. The Bertz CT molecular complexity index is 1180. The fourth-order valence-electron chi connectivity index (χ4n) is 3.51. The van der Waals surface area contributed by atoms with E-state index in [1.165, 1.54) is 18.5 Å². The molecular weight excluding hydrogens is 512 g/mol. The summed E-state index contributed by atoms with van der Waals surface area (Å²) in [5, 5.41) is 5.43. The Morgan fingerprint density at radius 3 is 2.70 bits per heavy atom. The fourth-order valence-corrected chi connectivity index (χ4v) is 3.75. The standard InChI is InChI=1S/C21H15BrF4N4O3/c22-17-6-4-13(11-28-17)29-19(31)30-20(7-9-32-16-2-1-8-27-18(16)20)12-3-5-15(14(23)10-12)33-21(24,25)26/h1-6,8,10-11H,7,9H2,(H2,29,30,31)/t20-/m0/s1. The average Bonchev–Trinajstić information content (AvgIpc) is 2.76. The van der Waals surface area contributed by atoms with Gasteiger partial charge in [0.25, 0.3) is 0 Å². The van der Waals surface area contributed by atoms with Crippen molar-refractivity contribution in [2.75, 3.05) is 11.9 Å². The molecule has 0 saturated carbocycles. The van der Waals surface area contributed by atoms with E-state index in [0.29, 0.717) is 16.0 Å². The minimum Gasteiger partial charge on any atom is -0.491 e. The highest BCUT2D eigenvalue weighted by molar-refractivity contribution is 9.10. The fraction of sp³-hybridized carbons (Fsp3) is 0.190. The van der Waals surface area contributed by atoms with Gasteiger partial charge in [0.15, 0.2) is 11.6 Å². The lowest BCUT2D eigenvalue weighted by atomic mass is 9.81. The van der Waals surface area contributed by atoms with E-state index < -0.39 is 29.5 Å². The molecule has 2 amide bonds. The van der Waals surface area contributed by atoms with Gasteiger partial charge in [-0.3, -0.25) is 4.98 Å². The van der Waals surface area contributed by atoms with E-state index in [0.717, 1.165) is 12.1 Å². The number of halogens is 5. The van der Waals surface area contributed by atoms with Crippen LogP contribution in [0.2, 0.25) is 0 Å². The largest absolute Gasteiger partial charge is 0.573 e. The molecular formula is C21H15BrF4N4O3. The number of carbonyl (C=O) groups excluding carboxylic acids is 1. The third-order valence-electron chi connectivity index (χ3n) is 4.87. The van der Waals surface area contributed by atoms with Crippen molar-refractivity contribution in [3.63, 3.8) is 0 Å². The first-order valence-electron chi connectivity index (χ1n) is 9.51. The van der Waals surface area contributed by atoms with Gasteiger partial charge < -0.3 is 20.1 Å². The smallest absolute Gasteiger partial charge is 0.491 e. The molecule has 172 valence electrons. The number of fused-ring (bicyclic) bond motifs is 1. The molecule has 4 rings (SSSR count). The molecule has 0 unspecified atom stereocenters. The number of urea groups is 1. The zero-order valence-electron chi connectivity index (χ0n) is 16.6. The maximum atomic E-state index is 14.6. The molecule has 3 aromatic rings. The van der Waals surface area contributed by atoms with Gasteiger partial charge in [-0.1, -0.05) is 6.07 Å². The van der Waals surface area contributed by atoms with Gasteiger partial charge in [0.05, 0.1) is 18.5 Å². The van der Waals surface area contributed by atoms with Gasteiger partial charge in [0, 0.05) is 12.6 Å². The minimum atomic E-state index is -5.05. The van der Waals surface area contributed by atoms with Crippen molar-refractivity contribution >= 4 is 27.6 Å². The number of hydrogen-bond donors (Lipinski definition) is 2. The second kappa shape index (κ2) is 8.85. The molecule has 3 heterocycles. The van der Waals surface area contributed by atoms with E-state index in [1.54, 1.807) is 24.3 Å². The minimum absolute atomic E-state index is 0.140. The van der Waals surface area contributed by atoms with E-state index in [1.807, 2.05) is 0 Å². The molecule has 33 heavy (non-hydrogen) atoms. The lowest BCUT2D eigenvalue weighted by Crippen LogP contribution is -2.51. The molecule has 0 aliphatic carbocycles. The van der Waals surface area contributed by atoms with Crippen molar-refractivity contribution in [1.82, 2.24) is 15.3 Å². The van der Waals surface area contributed by atoms with E-state index in [-0.39, 0.29) is 24.3 Å².